The van der Waals surface area contributed by atoms with Crippen LogP contribution in [0.2, 0.25) is 10.0 Å². The summed E-state index contributed by atoms with van der Waals surface area (Å²) in [7, 11) is 0. The van der Waals surface area contributed by atoms with Crippen molar-refractivity contribution in [2.45, 2.75) is 50.5 Å². The number of aromatic nitrogens is 4. The van der Waals surface area contributed by atoms with E-state index in [0.717, 1.165) is 17.5 Å². The first kappa shape index (κ1) is 23.4. The Kier molecular flexibility index (Phi) is 7.42. The summed E-state index contributed by atoms with van der Waals surface area (Å²) >= 11 is 12.5. The Labute approximate surface area is 202 Å². The number of nitrogens with zero attached hydrogens (tertiary/aromatic N) is 4. The van der Waals surface area contributed by atoms with Crippen molar-refractivity contribution in [2.24, 2.45) is 0 Å². The first-order valence-corrected chi connectivity index (χ1v) is 11.6. The van der Waals surface area contributed by atoms with Crippen LogP contribution in [0.1, 0.15) is 61.3 Å². The fourth-order valence-electron chi connectivity index (χ4n) is 4.33. The molecule has 1 aliphatic rings. The largest absolute Gasteiger partial charge is 0.358 e. The number of morpholine rings is 1. The molecule has 1 fully saturated rings. The zero-order valence-corrected chi connectivity index (χ0v) is 19.7. The van der Waals surface area contributed by atoms with E-state index in [9.17, 15) is 4.79 Å². The molecular formula is C24H25Cl2N5O2. The molecule has 3 aromatic rings. The lowest BCUT2D eigenvalue weighted by atomic mass is 9.89. The maximum absolute atomic E-state index is 13.8. The number of rotatable bonds is 8. The maximum atomic E-state index is 13.8. The third-order valence-electron chi connectivity index (χ3n) is 5.75. The lowest BCUT2D eigenvalue weighted by Crippen LogP contribution is -2.52. The summed E-state index contributed by atoms with van der Waals surface area (Å²) in [6.07, 6.45) is 2.40. The molecule has 0 unspecified atom stereocenters. The number of H-pyrrole nitrogens is 1. The van der Waals surface area contributed by atoms with E-state index >= 15 is 0 Å². The molecular weight excluding hydrogens is 461 g/mol. The van der Waals surface area contributed by atoms with Gasteiger partial charge in [0.25, 0.3) is 5.91 Å². The second kappa shape index (κ2) is 10.5. The molecule has 1 amide bonds. The molecule has 4 atom stereocenters. The molecule has 7 nitrogen and oxygen atoms in total. The first-order chi connectivity index (χ1) is 16.0. The molecule has 172 valence electrons. The number of nitrogens with one attached hydrogen (secondary N) is 1. The smallest absolute Gasteiger partial charge is 0.253 e. The van der Waals surface area contributed by atoms with Gasteiger partial charge in [0.05, 0.1) is 12.1 Å². The second-order valence-electron chi connectivity index (χ2n) is 7.94. The number of amides is 1. The van der Waals surface area contributed by atoms with E-state index in [1.807, 2.05) is 53.4 Å². The van der Waals surface area contributed by atoms with Crippen molar-refractivity contribution in [3.8, 4) is 0 Å². The summed E-state index contributed by atoms with van der Waals surface area (Å²) < 4.78 is 6.44. The predicted octanol–water partition coefficient (Wildman–Crippen LogP) is 5.63. The summed E-state index contributed by atoms with van der Waals surface area (Å²) in [5.74, 6) is 0.324. The van der Waals surface area contributed by atoms with E-state index in [4.69, 9.17) is 27.9 Å². The molecule has 0 radical (unpaired) electrons. The average Bonchev–Trinajstić information content (AvgIpc) is 3.34. The van der Waals surface area contributed by atoms with Crippen molar-refractivity contribution in [1.82, 2.24) is 25.5 Å². The number of carbonyl (C=O) groups is 1. The van der Waals surface area contributed by atoms with E-state index in [0.29, 0.717) is 28.7 Å². The molecule has 0 bridgehead atoms. The third-order valence-corrected chi connectivity index (χ3v) is 6.24. The van der Waals surface area contributed by atoms with Crippen LogP contribution in [0.25, 0.3) is 0 Å². The Balaban J connectivity index is 1.90. The summed E-state index contributed by atoms with van der Waals surface area (Å²) in [5, 5.41) is 15.9. The van der Waals surface area contributed by atoms with Crippen molar-refractivity contribution in [2.75, 3.05) is 0 Å². The lowest BCUT2D eigenvalue weighted by Gasteiger charge is -2.47. The molecule has 4 rings (SSSR count). The highest BCUT2D eigenvalue weighted by Gasteiger charge is 2.47. The van der Waals surface area contributed by atoms with Gasteiger partial charge in [-0.3, -0.25) is 4.79 Å². The van der Waals surface area contributed by atoms with Gasteiger partial charge >= 0.3 is 0 Å². The third kappa shape index (κ3) is 4.95. The van der Waals surface area contributed by atoms with E-state index in [2.05, 4.69) is 34.1 Å². The summed E-state index contributed by atoms with van der Waals surface area (Å²) in [6.45, 7) is 5.88. The molecule has 1 saturated heterocycles. The molecule has 1 N–H and O–H groups in total. The van der Waals surface area contributed by atoms with Crippen LogP contribution >= 0.6 is 23.2 Å². The second-order valence-corrected chi connectivity index (χ2v) is 8.81. The fourth-order valence-corrected chi connectivity index (χ4v) is 4.66. The van der Waals surface area contributed by atoms with Crippen LogP contribution in [-0.2, 0) is 9.53 Å². The number of halogens is 2. The Hall–Kier alpha value is -2.74. The normalized spacial score (nSPS) is 21.7. The highest BCUT2D eigenvalue weighted by molar-refractivity contribution is 6.30. The number of hydrogen-bond donors (Lipinski definition) is 1. The Morgan fingerprint density at radius 2 is 1.97 bits per heavy atom. The molecule has 0 spiro atoms. The van der Waals surface area contributed by atoms with Crippen molar-refractivity contribution in [3.05, 3.63) is 88.2 Å². The number of ether oxygens (including phenoxy) is 1. The van der Waals surface area contributed by atoms with Gasteiger partial charge in [-0.05, 0) is 41.8 Å². The van der Waals surface area contributed by atoms with Gasteiger partial charge in [0.2, 0.25) is 0 Å². The topological polar surface area (TPSA) is 84.0 Å². The lowest BCUT2D eigenvalue weighted by molar-refractivity contribution is -0.180. The van der Waals surface area contributed by atoms with E-state index in [1.165, 1.54) is 0 Å². The van der Waals surface area contributed by atoms with Gasteiger partial charge in [-0.2, -0.15) is 5.21 Å². The summed E-state index contributed by atoms with van der Waals surface area (Å²) in [6, 6.07) is 14.1. The van der Waals surface area contributed by atoms with Crippen LogP contribution in [0, 0.1) is 0 Å². The summed E-state index contributed by atoms with van der Waals surface area (Å²) in [4.78, 5) is 15.7. The first-order valence-electron chi connectivity index (χ1n) is 10.9. The zero-order chi connectivity index (χ0) is 23.4. The summed E-state index contributed by atoms with van der Waals surface area (Å²) in [5.41, 5.74) is 1.76. The van der Waals surface area contributed by atoms with Crippen molar-refractivity contribution >= 4 is 29.1 Å². The van der Waals surface area contributed by atoms with E-state index in [-0.39, 0.29) is 11.9 Å². The van der Waals surface area contributed by atoms with Crippen molar-refractivity contribution < 1.29 is 9.53 Å². The molecule has 0 saturated carbocycles. The molecule has 0 aliphatic carbocycles. The van der Waals surface area contributed by atoms with Gasteiger partial charge in [0.1, 0.15) is 12.2 Å². The molecule has 2 heterocycles. The van der Waals surface area contributed by atoms with Crippen LogP contribution in [0.15, 0.2) is 61.2 Å². The molecule has 1 aromatic heterocycles. The van der Waals surface area contributed by atoms with Gasteiger partial charge in [-0.25, -0.2) is 0 Å². The number of hydrogen-bond acceptors (Lipinski definition) is 5. The highest BCUT2D eigenvalue weighted by atomic mass is 35.5. The molecule has 9 heteroatoms. The fraction of sp³-hybridized carbons (Fsp3) is 0.333. The minimum absolute atomic E-state index is 0.142. The van der Waals surface area contributed by atoms with Gasteiger partial charge in [0.15, 0.2) is 5.82 Å². The molecule has 1 aliphatic heterocycles. The minimum Gasteiger partial charge on any atom is -0.358 e. The average molecular weight is 486 g/mol. The Bertz CT molecular complexity index is 1090. The van der Waals surface area contributed by atoms with Gasteiger partial charge in [0, 0.05) is 16.5 Å². The predicted molar refractivity (Wildman–Crippen MR) is 127 cm³/mol. The minimum atomic E-state index is -0.693. The Morgan fingerprint density at radius 3 is 2.61 bits per heavy atom. The maximum Gasteiger partial charge on any atom is 0.253 e. The molecule has 2 aromatic carbocycles. The number of aromatic amines is 1. The van der Waals surface area contributed by atoms with Crippen molar-refractivity contribution in [3.63, 3.8) is 0 Å². The zero-order valence-electron chi connectivity index (χ0n) is 18.2. The number of carbonyl (C=O) groups excluding carboxylic acids is 1. The number of benzene rings is 2. The van der Waals surface area contributed by atoms with Crippen LogP contribution in [-0.4, -0.2) is 37.5 Å². The quantitative estimate of drug-likeness (QED) is 0.417. The van der Waals surface area contributed by atoms with Crippen LogP contribution in [0.3, 0.4) is 0 Å². The van der Waals surface area contributed by atoms with Crippen LogP contribution in [0.5, 0.6) is 0 Å². The SMILES string of the molecule is C=CC[C@H]1O[C@H](c2cccc(Cl)c2)[C@H](c2ccc(Cl)cc2)N([C@H](CCC)c2nn[nH]n2)C1=O. The van der Waals surface area contributed by atoms with E-state index < -0.39 is 18.2 Å². The van der Waals surface area contributed by atoms with Crippen molar-refractivity contribution in [1.29, 1.82) is 0 Å². The number of tetrazole rings is 1. The van der Waals surface area contributed by atoms with E-state index in [1.54, 1.807) is 6.08 Å². The molecule has 33 heavy (non-hydrogen) atoms. The standard InChI is InChI=1S/C24H25Cl2N5O2/c1-3-6-19(23-27-29-30-28-23)31-21(15-10-12-17(25)13-11-15)22(16-8-5-9-18(26)14-16)33-20(7-4-2)24(31)32/h4-5,8-14,19-22H,2-3,6-7H2,1H3,(H,27,28,29,30)/t19-,20-,21+,22-/m1/s1. The monoisotopic (exact) mass is 485 g/mol. The van der Waals surface area contributed by atoms with Gasteiger partial charge in [-0.15, -0.1) is 16.8 Å². The van der Waals surface area contributed by atoms with Gasteiger partial charge in [-0.1, -0.05) is 72.1 Å². The van der Waals surface area contributed by atoms with Crippen LogP contribution in [0.4, 0.5) is 0 Å². The Morgan fingerprint density at radius 1 is 1.18 bits per heavy atom. The van der Waals surface area contributed by atoms with Crippen LogP contribution < -0.4 is 0 Å². The highest BCUT2D eigenvalue weighted by Crippen LogP contribution is 2.47. The van der Waals surface area contributed by atoms with Gasteiger partial charge < -0.3 is 9.64 Å².